The fourth-order valence-electron chi connectivity index (χ4n) is 1.50. The van der Waals surface area contributed by atoms with Gasteiger partial charge in [0.2, 0.25) is 6.41 Å². The Kier molecular flexibility index (Phi) is 6.85. The number of alkyl halides is 3. The predicted molar refractivity (Wildman–Crippen MR) is 71.7 cm³/mol. The Morgan fingerprint density at radius 3 is 1.95 bits per heavy atom. The standard InChI is InChI=1S/C13H21F3N2O4/c1-7(2)8(17-6-19)11(21)22-9(13(14,15)16)10(20)18-12(3,4)5/h6-9H,1-5H3,(H,17,19)(H,18,20)/t8-,9?/m0/s1. The molecule has 2 atom stereocenters. The van der Waals surface area contributed by atoms with Crippen LogP contribution in [0.1, 0.15) is 34.6 Å². The molecule has 0 aliphatic rings. The van der Waals surface area contributed by atoms with Crippen LogP contribution in [0.3, 0.4) is 0 Å². The largest absolute Gasteiger partial charge is 0.441 e. The third kappa shape index (κ3) is 6.77. The highest BCUT2D eigenvalue weighted by Crippen LogP contribution is 2.24. The molecule has 0 saturated carbocycles. The molecule has 0 saturated heterocycles. The summed E-state index contributed by atoms with van der Waals surface area (Å²) in [5.41, 5.74) is -0.925. The van der Waals surface area contributed by atoms with Gasteiger partial charge in [0.1, 0.15) is 6.04 Å². The number of hydrogen-bond acceptors (Lipinski definition) is 4. The molecular formula is C13H21F3N2O4. The molecule has 0 aliphatic heterocycles. The minimum Gasteiger partial charge on any atom is -0.441 e. The molecule has 6 nitrogen and oxygen atoms in total. The van der Waals surface area contributed by atoms with Crippen molar-refractivity contribution >= 4 is 18.3 Å². The van der Waals surface area contributed by atoms with Crippen LogP contribution in [0.15, 0.2) is 0 Å². The van der Waals surface area contributed by atoms with Crippen molar-refractivity contribution < 1.29 is 32.3 Å². The van der Waals surface area contributed by atoms with E-state index in [-0.39, 0.29) is 6.41 Å². The van der Waals surface area contributed by atoms with Gasteiger partial charge in [-0.1, -0.05) is 13.8 Å². The molecule has 128 valence electrons. The molecule has 0 spiro atoms. The van der Waals surface area contributed by atoms with Crippen molar-refractivity contribution in [2.45, 2.75) is 58.5 Å². The van der Waals surface area contributed by atoms with Gasteiger partial charge in [0.15, 0.2) is 0 Å². The zero-order chi connectivity index (χ0) is 17.7. The normalized spacial score (nSPS) is 15.0. The van der Waals surface area contributed by atoms with Gasteiger partial charge in [-0.3, -0.25) is 9.59 Å². The fraction of sp³-hybridized carbons (Fsp3) is 0.769. The maximum Gasteiger partial charge on any atom is 0.434 e. The van der Waals surface area contributed by atoms with Crippen LogP contribution in [0, 0.1) is 5.92 Å². The van der Waals surface area contributed by atoms with Crippen LogP contribution >= 0.6 is 0 Å². The van der Waals surface area contributed by atoms with Gasteiger partial charge < -0.3 is 15.4 Å². The summed E-state index contributed by atoms with van der Waals surface area (Å²) >= 11 is 0. The maximum absolute atomic E-state index is 12.9. The average molecular weight is 326 g/mol. The monoisotopic (exact) mass is 326 g/mol. The number of nitrogens with one attached hydrogen (secondary N) is 2. The number of rotatable bonds is 6. The molecule has 9 heteroatoms. The second-order valence-corrected chi connectivity index (χ2v) is 6.10. The van der Waals surface area contributed by atoms with E-state index in [1.165, 1.54) is 34.6 Å². The summed E-state index contributed by atoms with van der Waals surface area (Å²) in [4.78, 5) is 33.9. The summed E-state index contributed by atoms with van der Waals surface area (Å²) in [5.74, 6) is -3.30. The first-order chi connectivity index (χ1) is 9.79. The fourth-order valence-corrected chi connectivity index (χ4v) is 1.50. The van der Waals surface area contributed by atoms with E-state index in [0.29, 0.717) is 0 Å². The summed E-state index contributed by atoms with van der Waals surface area (Å²) in [7, 11) is 0. The summed E-state index contributed by atoms with van der Waals surface area (Å²) in [6.07, 6.45) is -7.81. The number of ether oxygens (including phenoxy) is 1. The molecule has 0 heterocycles. The van der Waals surface area contributed by atoms with Gasteiger partial charge in [0.25, 0.3) is 12.0 Å². The van der Waals surface area contributed by atoms with E-state index < -0.39 is 41.7 Å². The van der Waals surface area contributed by atoms with Crippen molar-refractivity contribution in [2.24, 2.45) is 5.92 Å². The van der Waals surface area contributed by atoms with Gasteiger partial charge in [0, 0.05) is 5.54 Å². The van der Waals surface area contributed by atoms with Crippen LogP contribution in [0.5, 0.6) is 0 Å². The van der Waals surface area contributed by atoms with Gasteiger partial charge >= 0.3 is 12.1 Å². The van der Waals surface area contributed by atoms with E-state index in [1.54, 1.807) is 0 Å². The highest BCUT2D eigenvalue weighted by atomic mass is 19.4. The number of carbonyl (C=O) groups is 3. The molecule has 0 fully saturated rings. The topological polar surface area (TPSA) is 84.5 Å². The number of hydrogen-bond donors (Lipinski definition) is 2. The lowest BCUT2D eigenvalue weighted by Crippen LogP contribution is -2.54. The maximum atomic E-state index is 12.9. The molecule has 0 bridgehead atoms. The van der Waals surface area contributed by atoms with Crippen molar-refractivity contribution in [1.29, 1.82) is 0 Å². The Labute approximate surface area is 126 Å². The molecule has 2 N–H and O–H groups in total. The number of halogens is 3. The van der Waals surface area contributed by atoms with Crippen LogP contribution in [0.2, 0.25) is 0 Å². The molecule has 22 heavy (non-hydrogen) atoms. The van der Waals surface area contributed by atoms with Gasteiger partial charge in [-0.25, -0.2) is 4.79 Å². The number of esters is 1. The van der Waals surface area contributed by atoms with Crippen molar-refractivity contribution in [3.63, 3.8) is 0 Å². The molecule has 0 radical (unpaired) electrons. The predicted octanol–water partition coefficient (Wildman–Crippen LogP) is 1.15. The van der Waals surface area contributed by atoms with Crippen LogP contribution in [-0.2, 0) is 19.1 Å². The molecule has 1 unspecified atom stereocenters. The molecular weight excluding hydrogens is 305 g/mol. The minimum absolute atomic E-state index is 0.184. The first-order valence-corrected chi connectivity index (χ1v) is 6.58. The number of carbonyl (C=O) groups excluding carboxylic acids is 3. The Bertz CT molecular complexity index is 416. The van der Waals surface area contributed by atoms with Gasteiger partial charge in [-0.15, -0.1) is 0 Å². The molecule has 0 aliphatic carbocycles. The van der Waals surface area contributed by atoms with Gasteiger partial charge in [-0.2, -0.15) is 13.2 Å². The summed E-state index contributed by atoms with van der Waals surface area (Å²) < 4.78 is 43.1. The third-order valence-electron chi connectivity index (χ3n) is 2.44. The Morgan fingerprint density at radius 1 is 1.14 bits per heavy atom. The zero-order valence-corrected chi connectivity index (χ0v) is 13.1. The SMILES string of the molecule is CC(C)[C@H](NC=O)C(=O)OC(C(=O)NC(C)(C)C)C(F)(F)F. The van der Waals surface area contributed by atoms with Gasteiger partial charge in [-0.05, 0) is 26.7 Å². The van der Waals surface area contributed by atoms with Gasteiger partial charge in [0.05, 0.1) is 0 Å². The third-order valence-corrected chi connectivity index (χ3v) is 2.44. The van der Waals surface area contributed by atoms with Crippen molar-refractivity contribution in [1.82, 2.24) is 10.6 Å². The smallest absolute Gasteiger partial charge is 0.434 e. The lowest BCUT2D eigenvalue weighted by atomic mass is 10.0. The van der Waals surface area contributed by atoms with Crippen LogP contribution in [0.4, 0.5) is 13.2 Å². The Balaban J connectivity index is 5.20. The van der Waals surface area contributed by atoms with Crippen LogP contribution in [-0.4, -0.2) is 42.1 Å². The summed E-state index contributed by atoms with van der Waals surface area (Å²) in [5, 5.41) is 4.18. The second-order valence-electron chi connectivity index (χ2n) is 6.10. The lowest BCUT2D eigenvalue weighted by molar-refractivity contribution is -0.221. The molecule has 0 rings (SSSR count). The quantitative estimate of drug-likeness (QED) is 0.566. The van der Waals surface area contributed by atoms with Crippen molar-refractivity contribution in [3.05, 3.63) is 0 Å². The molecule has 2 amide bonds. The van der Waals surface area contributed by atoms with Crippen molar-refractivity contribution in [2.75, 3.05) is 0 Å². The summed E-state index contributed by atoms with van der Waals surface area (Å²) in [6.45, 7) is 7.50. The first-order valence-electron chi connectivity index (χ1n) is 6.58. The number of amides is 2. The van der Waals surface area contributed by atoms with Crippen LogP contribution in [0.25, 0.3) is 0 Å². The summed E-state index contributed by atoms with van der Waals surface area (Å²) in [6, 6.07) is -1.27. The second kappa shape index (κ2) is 7.46. The molecule has 0 aromatic rings. The molecule has 0 aromatic carbocycles. The van der Waals surface area contributed by atoms with E-state index in [0.717, 1.165) is 0 Å². The van der Waals surface area contributed by atoms with E-state index in [1.807, 2.05) is 0 Å². The molecule has 0 aromatic heterocycles. The van der Waals surface area contributed by atoms with E-state index in [2.05, 4.69) is 15.4 Å². The average Bonchev–Trinajstić information content (AvgIpc) is 2.28. The zero-order valence-electron chi connectivity index (χ0n) is 13.1. The van der Waals surface area contributed by atoms with Crippen molar-refractivity contribution in [3.8, 4) is 0 Å². The highest BCUT2D eigenvalue weighted by Gasteiger charge is 2.49. The van der Waals surface area contributed by atoms with E-state index in [9.17, 15) is 27.6 Å². The highest BCUT2D eigenvalue weighted by molar-refractivity contribution is 5.86. The van der Waals surface area contributed by atoms with E-state index >= 15 is 0 Å². The minimum atomic E-state index is -5.06. The van der Waals surface area contributed by atoms with Crippen LogP contribution < -0.4 is 10.6 Å². The Hall–Kier alpha value is -1.80. The first kappa shape index (κ1) is 20.2. The Morgan fingerprint density at radius 2 is 1.64 bits per heavy atom. The van der Waals surface area contributed by atoms with E-state index in [4.69, 9.17) is 0 Å². The lowest BCUT2D eigenvalue weighted by Gasteiger charge is -2.27.